The Morgan fingerprint density at radius 2 is 1.57 bits per heavy atom. The number of aliphatic hydroxyl groups excluding tert-OH is 2. The third-order valence-electron chi connectivity index (χ3n) is 4.70. The van der Waals surface area contributed by atoms with Crippen LogP contribution in [-0.2, 0) is 0 Å². The molecule has 0 saturated heterocycles. The summed E-state index contributed by atoms with van der Waals surface area (Å²) < 4.78 is 0. The highest BCUT2D eigenvalue weighted by Crippen LogP contribution is 2.27. The summed E-state index contributed by atoms with van der Waals surface area (Å²) >= 11 is 0. The molecule has 0 radical (unpaired) electrons. The molecule has 2 aromatic rings. The Morgan fingerprint density at radius 3 is 2.13 bits per heavy atom. The molecule has 0 saturated carbocycles. The van der Waals surface area contributed by atoms with Gasteiger partial charge in [-0.3, -0.25) is 0 Å². The van der Waals surface area contributed by atoms with Crippen LogP contribution in [0.2, 0.25) is 0 Å². The largest absolute Gasteiger partial charge is 0.378 e. The fraction of sp³-hybridized carbons (Fsp3) is 0.231. The molecule has 4 heteroatoms. The van der Waals surface area contributed by atoms with Gasteiger partial charge in [0.25, 0.3) is 0 Å². The van der Waals surface area contributed by atoms with Gasteiger partial charge in [0.05, 0.1) is 0 Å². The van der Waals surface area contributed by atoms with Crippen molar-refractivity contribution in [3.05, 3.63) is 96.8 Å². The third-order valence-corrected chi connectivity index (χ3v) is 4.70. The summed E-state index contributed by atoms with van der Waals surface area (Å²) in [7, 11) is 4.06. The molecule has 0 aliphatic carbocycles. The maximum absolute atomic E-state index is 10.1. The first-order valence-corrected chi connectivity index (χ1v) is 10.0. The number of nitrogens with zero attached hydrogens (tertiary/aromatic N) is 2. The van der Waals surface area contributed by atoms with Crippen LogP contribution in [0.5, 0.6) is 0 Å². The van der Waals surface area contributed by atoms with E-state index in [0.717, 1.165) is 22.4 Å². The van der Waals surface area contributed by atoms with E-state index in [1.54, 1.807) is 26.0 Å². The SMILES string of the molecule is C=C/C=C/C(=C/C=C/c1ccccc1-c1ccc(N(C)C)cc1)N(C(C)O)C(C)O. The molecule has 0 aliphatic heterocycles. The maximum Gasteiger partial charge on any atom is 0.126 e. The van der Waals surface area contributed by atoms with E-state index in [1.807, 2.05) is 50.5 Å². The number of allylic oxidation sites excluding steroid dienone is 5. The van der Waals surface area contributed by atoms with Gasteiger partial charge in [0.1, 0.15) is 12.5 Å². The molecular formula is C26H32N2O2. The Bertz CT molecular complexity index is 899. The predicted molar refractivity (Wildman–Crippen MR) is 128 cm³/mol. The zero-order chi connectivity index (χ0) is 22.1. The van der Waals surface area contributed by atoms with E-state index in [2.05, 4.69) is 47.9 Å². The van der Waals surface area contributed by atoms with Gasteiger partial charge in [-0.1, -0.05) is 67.3 Å². The number of rotatable bonds is 9. The molecule has 0 spiro atoms. The van der Waals surface area contributed by atoms with Gasteiger partial charge < -0.3 is 20.0 Å². The number of anilines is 1. The van der Waals surface area contributed by atoms with E-state index in [9.17, 15) is 10.2 Å². The highest BCUT2D eigenvalue weighted by Gasteiger charge is 2.17. The molecule has 158 valence electrons. The summed E-state index contributed by atoms with van der Waals surface area (Å²) in [5.41, 5.74) is 5.21. The van der Waals surface area contributed by atoms with Crippen LogP contribution < -0.4 is 4.90 Å². The summed E-state index contributed by atoms with van der Waals surface area (Å²) in [5.74, 6) is 0. The first kappa shape index (κ1) is 23.2. The minimum absolute atomic E-state index is 0.684. The molecule has 0 bridgehead atoms. The van der Waals surface area contributed by atoms with Crippen molar-refractivity contribution >= 4 is 11.8 Å². The van der Waals surface area contributed by atoms with Gasteiger partial charge in [-0.15, -0.1) is 0 Å². The fourth-order valence-electron chi connectivity index (χ4n) is 3.23. The lowest BCUT2D eigenvalue weighted by molar-refractivity contribution is -0.0576. The van der Waals surface area contributed by atoms with Crippen LogP contribution in [-0.4, -0.2) is 41.7 Å². The molecular weight excluding hydrogens is 372 g/mol. The van der Waals surface area contributed by atoms with Crippen molar-refractivity contribution < 1.29 is 10.2 Å². The lowest BCUT2D eigenvalue weighted by Crippen LogP contribution is -2.38. The van der Waals surface area contributed by atoms with E-state index in [0.29, 0.717) is 5.70 Å². The van der Waals surface area contributed by atoms with Gasteiger partial charge in [-0.05, 0) is 54.8 Å². The highest BCUT2D eigenvalue weighted by atomic mass is 16.3. The lowest BCUT2D eigenvalue weighted by atomic mass is 9.99. The highest BCUT2D eigenvalue weighted by molar-refractivity contribution is 5.76. The smallest absolute Gasteiger partial charge is 0.126 e. The average Bonchev–Trinajstić information content (AvgIpc) is 2.71. The summed E-state index contributed by atoms with van der Waals surface area (Å²) in [6.07, 6.45) is 9.40. The molecule has 2 aromatic carbocycles. The van der Waals surface area contributed by atoms with Crippen molar-refractivity contribution in [3.63, 3.8) is 0 Å². The van der Waals surface area contributed by atoms with Crippen LogP contribution in [0.25, 0.3) is 17.2 Å². The third kappa shape index (κ3) is 6.21. The van der Waals surface area contributed by atoms with Crippen LogP contribution in [0.1, 0.15) is 19.4 Å². The van der Waals surface area contributed by atoms with Gasteiger partial charge in [0.15, 0.2) is 0 Å². The van der Waals surface area contributed by atoms with Crippen LogP contribution in [0.3, 0.4) is 0 Å². The molecule has 2 N–H and O–H groups in total. The summed E-state index contributed by atoms with van der Waals surface area (Å²) in [5, 5.41) is 20.1. The summed E-state index contributed by atoms with van der Waals surface area (Å²) in [6.45, 7) is 6.94. The van der Waals surface area contributed by atoms with Crippen molar-refractivity contribution in [1.29, 1.82) is 0 Å². The molecule has 0 amide bonds. The molecule has 30 heavy (non-hydrogen) atoms. The zero-order valence-corrected chi connectivity index (χ0v) is 18.2. The van der Waals surface area contributed by atoms with Crippen LogP contribution in [0.15, 0.2) is 91.2 Å². The van der Waals surface area contributed by atoms with Crippen LogP contribution >= 0.6 is 0 Å². The standard InChI is InChI=1S/C26H32N2O2/c1-6-7-13-25(28(20(2)29)21(3)30)14-10-12-22-11-8-9-15-26(22)23-16-18-24(19-17-23)27(4)5/h6-21,29-30H,1H2,2-5H3/b12-10+,13-7+,25-14-. The van der Waals surface area contributed by atoms with E-state index in [1.165, 1.54) is 4.90 Å². The topological polar surface area (TPSA) is 46.9 Å². The Morgan fingerprint density at radius 1 is 0.933 bits per heavy atom. The molecule has 4 nitrogen and oxygen atoms in total. The molecule has 2 rings (SSSR count). The molecule has 0 aromatic heterocycles. The lowest BCUT2D eigenvalue weighted by Gasteiger charge is -2.31. The van der Waals surface area contributed by atoms with E-state index in [-0.39, 0.29) is 0 Å². The number of aliphatic hydroxyl groups is 2. The maximum atomic E-state index is 10.1. The van der Waals surface area contributed by atoms with E-state index in [4.69, 9.17) is 0 Å². The van der Waals surface area contributed by atoms with Crippen molar-refractivity contribution in [2.75, 3.05) is 19.0 Å². The summed E-state index contributed by atoms with van der Waals surface area (Å²) in [4.78, 5) is 3.60. The number of hydrogen-bond donors (Lipinski definition) is 2. The first-order valence-electron chi connectivity index (χ1n) is 10.0. The first-order chi connectivity index (χ1) is 14.3. The van der Waals surface area contributed by atoms with Gasteiger partial charge in [0.2, 0.25) is 0 Å². The quantitative estimate of drug-likeness (QED) is 0.454. The Kier molecular flexibility index (Phi) is 8.66. The Labute approximate surface area is 180 Å². The summed E-state index contributed by atoms with van der Waals surface area (Å²) in [6, 6.07) is 16.7. The van der Waals surface area contributed by atoms with E-state index >= 15 is 0 Å². The molecule has 2 unspecified atom stereocenters. The fourth-order valence-corrected chi connectivity index (χ4v) is 3.23. The normalized spacial score (nSPS) is 14.1. The van der Waals surface area contributed by atoms with Crippen molar-refractivity contribution in [2.45, 2.75) is 26.3 Å². The minimum atomic E-state index is -0.832. The second-order valence-electron chi connectivity index (χ2n) is 7.25. The predicted octanol–water partition coefficient (Wildman–Crippen LogP) is 5.04. The minimum Gasteiger partial charge on any atom is -0.378 e. The molecule has 0 aliphatic rings. The van der Waals surface area contributed by atoms with Gasteiger partial charge in [-0.2, -0.15) is 0 Å². The van der Waals surface area contributed by atoms with Gasteiger partial charge >= 0.3 is 0 Å². The second-order valence-corrected chi connectivity index (χ2v) is 7.25. The van der Waals surface area contributed by atoms with Crippen molar-refractivity contribution in [2.24, 2.45) is 0 Å². The zero-order valence-electron chi connectivity index (χ0n) is 18.2. The Balaban J connectivity index is 2.38. The number of hydrogen-bond acceptors (Lipinski definition) is 4. The molecule has 0 heterocycles. The van der Waals surface area contributed by atoms with Crippen molar-refractivity contribution in [1.82, 2.24) is 4.90 Å². The van der Waals surface area contributed by atoms with Crippen LogP contribution in [0.4, 0.5) is 5.69 Å². The van der Waals surface area contributed by atoms with Gasteiger partial charge in [-0.25, -0.2) is 0 Å². The Hall–Kier alpha value is -3.08. The average molecular weight is 405 g/mol. The monoisotopic (exact) mass is 404 g/mol. The molecule has 2 atom stereocenters. The van der Waals surface area contributed by atoms with Crippen molar-refractivity contribution in [3.8, 4) is 11.1 Å². The second kappa shape index (κ2) is 11.2. The van der Waals surface area contributed by atoms with Crippen LogP contribution in [0, 0.1) is 0 Å². The molecule has 0 fully saturated rings. The van der Waals surface area contributed by atoms with Gasteiger partial charge in [0, 0.05) is 25.5 Å². The number of benzene rings is 2. The van der Waals surface area contributed by atoms with E-state index < -0.39 is 12.5 Å².